The Hall–Kier alpha value is -2.49. The van der Waals surface area contributed by atoms with E-state index in [0.29, 0.717) is 0 Å². The molecule has 0 spiro atoms. The largest absolute Gasteiger partial charge is 0.322 e. The molecule has 0 radical (unpaired) electrons. The molecule has 1 unspecified atom stereocenters. The molecule has 4 nitrogen and oxygen atoms in total. The molecular weight excluding hydrogens is 248 g/mol. The smallest absolute Gasteiger partial charge is 0.140 e. The van der Waals surface area contributed by atoms with Gasteiger partial charge in [0.1, 0.15) is 5.82 Å². The highest BCUT2D eigenvalue weighted by Crippen LogP contribution is 2.25. The van der Waals surface area contributed by atoms with Gasteiger partial charge < -0.3 is 4.57 Å². The van der Waals surface area contributed by atoms with Gasteiger partial charge >= 0.3 is 0 Å². The highest BCUT2D eigenvalue weighted by atomic mass is 15.1. The maximum Gasteiger partial charge on any atom is 0.140 e. The molecule has 0 saturated heterocycles. The zero-order valence-electron chi connectivity index (χ0n) is 11.6. The quantitative estimate of drug-likeness (QED) is 0.729. The third-order valence-corrected chi connectivity index (χ3v) is 3.47. The number of imidazole rings is 1. The Balaban J connectivity index is 2.04. The van der Waals surface area contributed by atoms with Gasteiger partial charge in [0, 0.05) is 36.5 Å². The third-order valence-electron chi connectivity index (χ3n) is 3.47. The molecule has 0 aliphatic carbocycles. The van der Waals surface area contributed by atoms with Gasteiger partial charge in [-0.05, 0) is 37.6 Å². The van der Waals surface area contributed by atoms with Crippen LogP contribution in [0.2, 0.25) is 0 Å². The van der Waals surface area contributed by atoms with Crippen LogP contribution < -0.4 is 0 Å². The highest BCUT2D eigenvalue weighted by molar-refractivity contribution is 5.54. The minimum Gasteiger partial charge on any atom is -0.322 e. The van der Waals surface area contributed by atoms with Crippen LogP contribution in [0.15, 0.2) is 55.2 Å². The van der Waals surface area contributed by atoms with Gasteiger partial charge in [0.25, 0.3) is 0 Å². The summed E-state index contributed by atoms with van der Waals surface area (Å²) >= 11 is 0. The minimum absolute atomic E-state index is 0.141. The van der Waals surface area contributed by atoms with Gasteiger partial charge in [-0.3, -0.25) is 9.97 Å². The van der Waals surface area contributed by atoms with Gasteiger partial charge in [0.2, 0.25) is 0 Å². The summed E-state index contributed by atoms with van der Waals surface area (Å²) in [6, 6.07) is 8.13. The van der Waals surface area contributed by atoms with Crippen LogP contribution in [0.4, 0.5) is 0 Å². The van der Waals surface area contributed by atoms with Crippen molar-refractivity contribution in [3.05, 3.63) is 66.5 Å². The molecule has 0 bridgehead atoms. The molecule has 3 aromatic heterocycles. The van der Waals surface area contributed by atoms with Crippen molar-refractivity contribution in [3.8, 4) is 11.4 Å². The Morgan fingerprint density at radius 1 is 1.00 bits per heavy atom. The van der Waals surface area contributed by atoms with Gasteiger partial charge in [0.15, 0.2) is 0 Å². The Bertz CT molecular complexity index is 703. The predicted octanol–water partition coefficient (Wildman–Crippen LogP) is 3.26. The van der Waals surface area contributed by atoms with Gasteiger partial charge in [0.05, 0.1) is 11.7 Å². The van der Waals surface area contributed by atoms with Gasteiger partial charge in [-0.15, -0.1) is 0 Å². The predicted molar refractivity (Wildman–Crippen MR) is 78.2 cm³/mol. The van der Waals surface area contributed by atoms with Crippen LogP contribution in [0, 0.1) is 6.92 Å². The van der Waals surface area contributed by atoms with E-state index in [1.807, 2.05) is 36.8 Å². The van der Waals surface area contributed by atoms with Crippen molar-refractivity contribution in [2.75, 3.05) is 0 Å². The SMILES string of the molecule is Cc1cccnc1C(C)n1ccnc1-c1ccncc1. The first-order chi connectivity index (χ1) is 9.77. The highest BCUT2D eigenvalue weighted by Gasteiger charge is 2.15. The first-order valence-electron chi connectivity index (χ1n) is 6.62. The lowest BCUT2D eigenvalue weighted by molar-refractivity contribution is 0.622. The molecular formula is C16H16N4. The fourth-order valence-electron chi connectivity index (χ4n) is 2.42. The van der Waals surface area contributed by atoms with E-state index in [0.717, 1.165) is 17.1 Å². The maximum atomic E-state index is 4.51. The van der Waals surface area contributed by atoms with Gasteiger partial charge in [-0.1, -0.05) is 6.07 Å². The van der Waals surface area contributed by atoms with Crippen molar-refractivity contribution in [2.24, 2.45) is 0 Å². The van der Waals surface area contributed by atoms with E-state index < -0.39 is 0 Å². The van der Waals surface area contributed by atoms with Gasteiger partial charge in [-0.25, -0.2) is 4.98 Å². The van der Waals surface area contributed by atoms with Crippen molar-refractivity contribution < 1.29 is 0 Å². The Morgan fingerprint density at radius 2 is 1.80 bits per heavy atom. The van der Waals surface area contributed by atoms with E-state index in [2.05, 4.69) is 39.4 Å². The van der Waals surface area contributed by atoms with Crippen LogP contribution in [-0.4, -0.2) is 19.5 Å². The second-order valence-electron chi connectivity index (χ2n) is 4.78. The van der Waals surface area contributed by atoms with Crippen LogP contribution >= 0.6 is 0 Å². The lowest BCUT2D eigenvalue weighted by atomic mass is 10.1. The van der Waals surface area contributed by atoms with E-state index in [1.54, 1.807) is 12.4 Å². The standard InChI is InChI=1S/C16H16N4/c1-12-4-3-7-18-15(12)13(2)20-11-10-19-16(20)14-5-8-17-9-6-14/h3-11,13H,1-2H3. The molecule has 100 valence electrons. The summed E-state index contributed by atoms with van der Waals surface area (Å²) < 4.78 is 2.14. The van der Waals surface area contributed by atoms with Crippen molar-refractivity contribution in [1.82, 2.24) is 19.5 Å². The molecule has 0 fully saturated rings. The van der Waals surface area contributed by atoms with Crippen LogP contribution in [-0.2, 0) is 0 Å². The molecule has 4 heteroatoms. The third kappa shape index (κ3) is 2.20. The van der Waals surface area contributed by atoms with Gasteiger partial charge in [-0.2, -0.15) is 0 Å². The molecule has 0 saturated carbocycles. The van der Waals surface area contributed by atoms with E-state index in [1.165, 1.54) is 5.56 Å². The molecule has 3 rings (SSSR count). The first-order valence-corrected chi connectivity index (χ1v) is 6.62. The summed E-state index contributed by atoms with van der Waals surface area (Å²) in [6.07, 6.45) is 9.22. The average molecular weight is 264 g/mol. The molecule has 0 amide bonds. The second-order valence-corrected chi connectivity index (χ2v) is 4.78. The molecule has 3 heterocycles. The monoisotopic (exact) mass is 264 g/mol. The van der Waals surface area contributed by atoms with Crippen molar-refractivity contribution in [3.63, 3.8) is 0 Å². The van der Waals surface area contributed by atoms with E-state index in [-0.39, 0.29) is 6.04 Å². The fourth-order valence-corrected chi connectivity index (χ4v) is 2.42. The number of aryl methyl sites for hydroxylation is 1. The van der Waals surface area contributed by atoms with Crippen LogP contribution in [0.3, 0.4) is 0 Å². The number of pyridine rings is 2. The summed E-state index contributed by atoms with van der Waals surface area (Å²) in [5.74, 6) is 0.935. The summed E-state index contributed by atoms with van der Waals surface area (Å²) in [5.41, 5.74) is 3.32. The molecule has 0 aliphatic heterocycles. The lowest BCUT2D eigenvalue weighted by Gasteiger charge is -2.17. The van der Waals surface area contributed by atoms with Crippen LogP contribution in [0.25, 0.3) is 11.4 Å². The second kappa shape index (κ2) is 5.25. The number of hydrogen-bond donors (Lipinski definition) is 0. The fraction of sp³-hybridized carbons (Fsp3) is 0.188. The number of aromatic nitrogens is 4. The van der Waals surface area contributed by atoms with Crippen LogP contribution in [0.1, 0.15) is 24.2 Å². The van der Waals surface area contributed by atoms with Crippen molar-refractivity contribution in [2.45, 2.75) is 19.9 Å². The molecule has 20 heavy (non-hydrogen) atoms. The van der Waals surface area contributed by atoms with E-state index in [9.17, 15) is 0 Å². The number of nitrogens with zero attached hydrogens (tertiary/aromatic N) is 4. The van der Waals surface area contributed by atoms with E-state index in [4.69, 9.17) is 0 Å². The Labute approximate surface area is 118 Å². The molecule has 1 atom stereocenters. The van der Waals surface area contributed by atoms with Crippen molar-refractivity contribution in [1.29, 1.82) is 0 Å². The molecule has 0 aliphatic rings. The first kappa shape index (κ1) is 12.5. The summed E-state index contributed by atoms with van der Waals surface area (Å²) in [5, 5.41) is 0. The average Bonchev–Trinajstić information content (AvgIpc) is 2.97. The normalized spacial score (nSPS) is 12.3. The molecule has 0 N–H and O–H groups in total. The minimum atomic E-state index is 0.141. The van der Waals surface area contributed by atoms with E-state index >= 15 is 0 Å². The zero-order chi connectivity index (χ0) is 13.9. The van der Waals surface area contributed by atoms with Crippen molar-refractivity contribution >= 4 is 0 Å². The molecule has 0 aromatic carbocycles. The summed E-state index contributed by atoms with van der Waals surface area (Å²) in [4.78, 5) is 13.0. The molecule has 3 aromatic rings. The lowest BCUT2D eigenvalue weighted by Crippen LogP contribution is -2.10. The summed E-state index contributed by atoms with van der Waals surface area (Å²) in [7, 11) is 0. The topological polar surface area (TPSA) is 43.6 Å². The summed E-state index contributed by atoms with van der Waals surface area (Å²) in [6.45, 7) is 4.23. The Kier molecular flexibility index (Phi) is 3.29. The van der Waals surface area contributed by atoms with Crippen LogP contribution in [0.5, 0.6) is 0 Å². The number of hydrogen-bond acceptors (Lipinski definition) is 3. The maximum absolute atomic E-state index is 4.51. The zero-order valence-corrected chi connectivity index (χ0v) is 11.6. The number of rotatable bonds is 3. The Morgan fingerprint density at radius 3 is 2.55 bits per heavy atom.